The average molecular weight is 421 g/mol. The highest BCUT2D eigenvalue weighted by atomic mass is 19.4. The predicted octanol–water partition coefficient (Wildman–Crippen LogP) is 2.97. The standard InChI is InChI=1S/C12H15N3O2.C3H3F3O2.C2H4O2/c1-8-5-11(13)9(6-12(8)15(16)17)7-14-10-3-2-4-10;1-8-2(7)3(4,5)6;1-4-2-3/h5-7,10H,2-4,13H2,1H3;1H3;2H,1H3. The second-order valence-corrected chi connectivity index (χ2v) is 5.71. The first-order valence-corrected chi connectivity index (χ1v) is 8.17. The van der Waals surface area contributed by atoms with E-state index in [0.717, 1.165) is 12.8 Å². The highest BCUT2D eigenvalue weighted by Crippen LogP contribution is 2.25. The fourth-order valence-electron chi connectivity index (χ4n) is 1.88. The number of ether oxygens (including phenoxy) is 2. The summed E-state index contributed by atoms with van der Waals surface area (Å²) in [6.45, 7) is 2.06. The van der Waals surface area contributed by atoms with Crippen LogP contribution in [0, 0.1) is 17.0 Å². The number of carbonyl (C=O) groups excluding carboxylic acids is 2. The number of hydrogen-bond donors (Lipinski definition) is 1. The fourth-order valence-corrected chi connectivity index (χ4v) is 1.88. The monoisotopic (exact) mass is 421 g/mol. The zero-order chi connectivity index (χ0) is 22.6. The first-order chi connectivity index (χ1) is 13.5. The summed E-state index contributed by atoms with van der Waals surface area (Å²) in [6.07, 6.45) is 0.223. The summed E-state index contributed by atoms with van der Waals surface area (Å²) in [4.78, 5) is 33.2. The molecule has 9 nitrogen and oxygen atoms in total. The van der Waals surface area contributed by atoms with E-state index in [1.165, 1.54) is 19.6 Å². The summed E-state index contributed by atoms with van der Waals surface area (Å²) in [5.74, 6) is -2.17. The van der Waals surface area contributed by atoms with Gasteiger partial charge < -0.3 is 15.2 Å². The Kier molecular flexibility index (Phi) is 11.0. The van der Waals surface area contributed by atoms with Crippen LogP contribution in [-0.4, -0.2) is 50.0 Å². The number of aryl methyl sites for hydroxylation is 1. The molecule has 29 heavy (non-hydrogen) atoms. The Morgan fingerprint density at radius 2 is 1.90 bits per heavy atom. The van der Waals surface area contributed by atoms with Gasteiger partial charge in [-0.05, 0) is 32.3 Å². The molecule has 12 heteroatoms. The lowest BCUT2D eigenvalue weighted by molar-refractivity contribution is -0.385. The summed E-state index contributed by atoms with van der Waals surface area (Å²) in [5, 5.41) is 10.8. The molecule has 2 rings (SSSR count). The number of nitro benzene ring substituents is 1. The van der Waals surface area contributed by atoms with Crippen LogP contribution in [0.15, 0.2) is 17.1 Å². The van der Waals surface area contributed by atoms with Gasteiger partial charge >= 0.3 is 12.1 Å². The van der Waals surface area contributed by atoms with Gasteiger partial charge in [0.2, 0.25) is 0 Å². The highest BCUT2D eigenvalue weighted by Gasteiger charge is 2.40. The van der Waals surface area contributed by atoms with Gasteiger partial charge in [-0.25, -0.2) is 4.79 Å². The number of nitrogens with two attached hydrogens (primary N) is 1. The van der Waals surface area contributed by atoms with Crippen LogP contribution in [-0.2, 0) is 19.1 Å². The minimum Gasteiger partial charge on any atom is -0.471 e. The molecule has 1 saturated carbocycles. The number of nitrogens with zero attached hydrogens (tertiary/aromatic N) is 2. The Bertz CT molecular complexity index is 734. The molecule has 0 radical (unpaired) electrons. The van der Waals surface area contributed by atoms with Gasteiger partial charge in [0.05, 0.1) is 19.1 Å². The van der Waals surface area contributed by atoms with E-state index in [1.54, 1.807) is 19.2 Å². The molecule has 1 aliphatic rings. The Balaban J connectivity index is 0.000000547. The topological polar surface area (TPSA) is 134 Å². The van der Waals surface area contributed by atoms with Crippen LogP contribution in [0.4, 0.5) is 24.5 Å². The molecule has 1 aliphatic carbocycles. The Hall–Kier alpha value is -3.18. The third-order valence-corrected chi connectivity index (χ3v) is 3.61. The van der Waals surface area contributed by atoms with Crippen LogP contribution < -0.4 is 5.73 Å². The maximum Gasteiger partial charge on any atom is 0.490 e. The average Bonchev–Trinajstić information content (AvgIpc) is 2.61. The molecule has 1 fully saturated rings. The molecule has 1 aromatic rings. The molecule has 0 bridgehead atoms. The lowest BCUT2D eigenvalue weighted by atomic mass is 9.94. The molecular weight excluding hydrogens is 399 g/mol. The van der Waals surface area contributed by atoms with E-state index in [9.17, 15) is 28.1 Å². The first-order valence-electron chi connectivity index (χ1n) is 8.17. The Morgan fingerprint density at radius 3 is 2.21 bits per heavy atom. The van der Waals surface area contributed by atoms with Crippen molar-refractivity contribution in [2.45, 2.75) is 38.4 Å². The summed E-state index contributed by atoms with van der Waals surface area (Å²) in [6, 6.07) is 3.49. The number of nitrogen functional groups attached to an aromatic ring is 1. The van der Waals surface area contributed by atoms with Crippen molar-refractivity contribution in [1.29, 1.82) is 0 Å². The maximum atomic E-state index is 11.0. The SMILES string of the molecule is COC(=O)C(F)(F)F.COC=O.Cc1cc(N)c(C=NC2CCC2)cc1[N+](=O)[O-]. The van der Waals surface area contributed by atoms with Crippen molar-refractivity contribution in [3.05, 3.63) is 33.4 Å². The van der Waals surface area contributed by atoms with E-state index in [4.69, 9.17) is 10.5 Å². The number of esters is 1. The van der Waals surface area contributed by atoms with E-state index < -0.39 is 17.1 Å². The molecule has 162 valence electrons. The van der Waals surface area contributed by atoms with Crippen molar-refractivity contribution in [2.75, 3.05) is 20.0 Å². The number of hydrogen-bond acceptors (Lipinski definition) is 8. The number of alkyl halides is 3. The minimum atomic E-state index is -4.85. The largest absolute Gasteiger partial charge is 0.490 e. The summed E-state index contributed by atoms with van der Waals surface area (Å²) in [7, 11) is 1.99. The smallest absolute Gasteiger partial charge is 0.471 e. The quantitative estimate of drug-likeness (QED) is 0.197. The third-order valence-electron chi connectivity index (χ3n) is 3.61. The minimum absolute atomic E-state index is 0.0919. The van der Waals surface area contributed by atoms with Gasteiger partial charge in [-0.2, -0.15) is 13.2 Å². The predicted molar refractivity (Wildman–Crippen MR) is 98.6 cm³/mol. The van der Waals surface area contributed by atoms with Crippen LogP contribution in [0.2, 0.25) is 0 Å². The molecule has 0 amide bonds. The third kappa shape index (κ3) is 9.53. The van der Waals surface area contributed by atoms with Crippen molar-refractivity contribution in [1.82, 2.24) is 0 Å². The number of aliphatic imine (C=N–C) groups is 1. The van der Waals surface area contributed by atoms with E-state index in [-0.39, 0.29) is 5.69 Å². The summed E-state index contributed by atoms with van der Waals surface area (Å²) >= 11 is 0. The molecule has 1 aromatic carbocycles. The molecule has 0 atom stereocenters. The molecule has 0 saturated heterocycles. The van der Waals surface area contributed by atoms with E-state index in [2.05, 4.69) is 14.5 Å². The molecule has 2 N–H and O–H groups in total. The Labute approximate surface area is 164 Å². The summed E-state index contributed by atoms with van der Waals surface area (Å²) < 4.78 is 40.1. The van der Waals surface area contributed by atoms with Crippen LogP contribution in [0.25, 0.3) is 0 Å². The number of halogens is 3. The van der Waals surface area contributed by atoms with Crippen molar-refractivity contribution in [3.8, 4) is 0 Å². The van der Waals surface area contributed by atoms with Crippen molar-refractivity contribution in [2.24, 2.45) is 4.99 Å². The van der Waals surface area contributed by atoms with Gasteiger partial charge in [-0.1, -0.05) is 0 Å². The number of carbonyl (C=O) groups is 2. The molecule has 0 unspecified atom stereocenters. The summed E-state index contributed by atoms with van der Waals surface area (Å²) in [5.41, 5.74) is 7.66. The Morgan fingerprint density at radius 1 is 1.34 bits per heavy atom. The van der Waals surface area contributed by atoms with Gasteiger partial charge in [-0.15, -0.1) is 0 Å². The van der Waals surface area contributed by atoms with Gasteiger partial charge in [0.1, 0.15) is 0 Å². The van der Waals surface area contributed by atoms with Gasteiger partial charge in [0.15, 0.2) is 0 Å². The van der Waals surface area contributed by atoms with Crippen molar-refractivity contribution >= 4 is 30.0 Å². The van der Waals surface area contributed by atoms with Crippen LogP contribution in [0.3, 0.4) is 0 Å². The first kappa shape index (κ1) is 25.8. The zero-order valence-electron chi connectivity index (χ0n) is 16.1. The fraction of sp³-hybridized carbons (Fsp3) is 0.471. The second-order valence-electron chi connectivity index (χ2n) is 5.71. The van der Waals surface area contributed by atoms with E-state index >= 15 is 0 Å². The van der Waals surface area contributed by atoms with Crippen molar-refractivity contribution in [3.63, 3.8) is 0 Å². The van der Waals surface area contributed by atoms with Crippen LogP contribution in [0.5, 0.6) is 0 Å². The van der Waals surface area contributed by atoms with Gasteiger partial charge in [0.25, 0.3) is 12.2 Å². The van der Waals surface area contributed by atoms with Crippen LogP contribution >= 0.6 is 0 Å². The number of anilines is 1. The number of benzene rings is 1. The number of nitro groups is 1. The number of methoxy groups -OCH3 is 2. The molecule has 0 aliphatic heterocycles. The zero-order valence-corrected chi connectivity index (χ0v) is 16.1. The van der Waals surface area contributed by atoms with Crippen molar-refractivity contribution < 1.29 is 37.2 Å². The van der Waals surface area contributed by atoms with E-state index in [0.29, 0.717) is 36.4 Å². The number of rotatable bonds is 4. The molecular formula is C17H22F3N3O6. The normalized spacial score (nSPS) is 13.2. The highest BCUT2D eigenvalue weighted by molar-refractivity contribution is 5.88. The lowest BCUT2D eigenvalue weighted by Gasteiger charge is -2.20. The molecule has 0 spiro atoms. The van der Waals surface area contributed by atoms with Crippen LogP contribution in [0.1, 0.15) is 30.4 Å². The molecule has 0 heterocycles. The van der Waals surface area contributed by atoms with Gasteiger partial charge in [-0.3, -0.25) is 19.9 Å². The molecule has 0 aromatic heterocycles. The lowest BCUT2D eigenvalue weighted by Crippen LogP contribution is -2.23. The maximum absolute atomic E-state index is 11.0. The second kappa shape index (κ2) is 12.3. The van der Waals surface area contributed by atoms with Gasteiger partial charge in [0, 0.05) is 35.1 Å². The van der Waals surface area contributed by atoms with E-state index in [1.807, 2.05) is 0 Å².